The van der Waals surface area contributed by atoms with Crippen molar-refractivity contribution in [1.82, 2.24) is 15.1 Å². The van der Waals surface area contributed by atoms with Crippen molar-refractivity contribution in [3.05, 3.63) is 77.4 Å². The molecule has 0 aromatic heterocycles. The van der Waals surface area contributed by atoms with Crippen molar-refractivity contribution < 1.29 is 37.1 Å². The number of nitrogens with zero attached hydrogens (tertiary/aromatic N) is 5. The van der Waals surface area contributed by atoms with E-state index >= 15 is 0 Å². The van der Waals surface area contributed by atoms with E-state index in [1.165, 1.54) is 11.0 Å². The van der Waals surface area contributed by atoms with Gasteiger partial charge in [-0.15, -0.1) is 12.6 Å². The average molecular weight is 835 g/mol. The Morgan fingerprint density at radius 3 is 2.47 bits per heavy atom. The maximum atomic E-state index is 13.8. The summed E-state index contributed by atoms with van der Waals surface area (Å²) >= 11 is 4.73. The third-order valence-corrected chi connectivity index (χ3v) is 11.7. The zero-order valence-electron chi connectivity index (χ0n) is 33.6. The van der Waals surface area contributed by atoms with Crippen LogP contribution in [0.5, 0.6) is 5.75 Å². The van der Waals surface area contributed by atoms with Crippen LogP contribution in [0, 0.1) is 11.3 Å². The number of hydrogen-bond acceptors (Lipinski definition) is 11. The Bertz CT molecular complexity index is 2140. The lowest BCUT2D eigenvalue weighted by Gasteiger charge is -2.42. The Morgan fingerprint density at radius 2 is 1.80 bits per heavy atom. The predicted molar refractivity (Wildman–Crippen MR) is 221 cm³/mol. The third-order valence-electron chi connectivity index (χ3n) is 11.2. The van der Waals surface area contributed by atoms with Gasteiger partial charge in [-0.3, -0.25) is 39.2 Å². The molecule has 17 heteroatoms. The normalized spacial score (nSPS) is 21.8. The van der Waals surface area contributed by atoms with Crippen molar-refractivity contribution in [2.75, 3.05) is 53.2 Å². The average Bonchev–Trinajstić information content (AvgIpc) is 3.37. The van der Waals surface area contributed by atoms with Crippen molar-refractivity contribution in [2.45, 2.75) is 89.2 Å². The minimum Gasteiger partial charge on any atom is -0.492 e. The Kier molecular flexibility index (Phi) is 12.8. The van der Waals surface area contributed by atoms with Crippen LogP contribution in [0.4, 0.5) is 35.9 Å². The van der Waals surface area contributed by atoms with E-state index in [1.54, 1.807) is 49.1 Å². The number of benzene rings is 3. The van der Waals surface area contributed by atoms with Gasteiger partial charge in [0.05, 0.1) is 23.2 Å². The zero-order chi connectivity index (χ0) is 42.8. The summed E-state index contributed by atoms with van der Waals surface area (Å²) in [6.07, 6.45) is -3.50. The molecule has 6 rings (SSSR count). The molecule has 3 fully saturated rings. The first kappa shape index (κ1) is 43.3. The molecule has 4 atom stereocenters. The van der Waals surface area contributed by atoms with Crippen LogP contribution < -0.4 is 30.5 Å². The van der Waals surface area contributed by atoms with E-state index in [4.69, 9.17) is 17.4 Å². The molecule has 0 saturated carbocycles. The molecule has 59 heavy (non-hydrogen) atoms. The second kappa shape index (κ2) is 17.5. The Morgan fingerprint density at radius 1 is 1.07 bits per heavy atom. The van der Waals surface area contributed by atoms with Crippen molar-refractivity contribution in [3.8, 4) is 11.8 Å². The van der Waals surface area contributed by atoms with Crippen LogP contribution in [0.1, 0.15) is 64.2 Å². The summed E-state index contributed by atoms with van der Waals surface area (Å²) in [5.74, 6) is -0.557. The first-order chi connectivity index (χ1) is 27.9. The fraction of sp³-hybridized carbons (Fsp3) is 0.452. The summed E-state index contributed by atoms with van der Waals surface area (Å²) in [6, 6.07) is 16.7. The summed E-state index contributed by atoms with van der Waals surface area (Å²) in [4.78, 5) is 58.2. The molecule has 3 aliphatic rings. The number of nitriles is 1. The van der Waals surface area contributed by atoms with Gasteiger partial charge in [-0.1, -0.05) is 13.0 Å². The highest BCUT2D eigenvalue weighted by Gasteiger charge is 2.52. The highest BCUT2D eigenvalue weighted by molar-refractivity contribution is 7.81. The number of carbonyl (C=O) groups is 4. The summed E-state index contributed by atoms with van der Waals surface area (Å²) in [5, 5.41) is 17.7. The number of thiol groups is 1. The second-order valence-corrected chi connectivity index (χ2v) is 16.0. The number of aryl methyl sites for hydroxylation is 1. The number of rotatable bonds is 12. The molecule has 0 bridgehead atoms. The summed E-state index contributed by atoms with van der Waals surface area (Å²) < 4.78 is 47.7. The lowest BCUT2D eigenvalue weighted by Crippen LogP contribution is -2.57. The minimum absolute atomic E-state index is 0.00990. The first-order valence-electron chi connectivity index (χ1n) is 19.6. The van der Waals surface area contributed by atoms with Crippen LogP contribution in [0.15, 0.2) is 60.7 Å². The van der Waals surface area contributed by atoms with Gasteiger partial charge in [0.1, 0.15) is 23.9 Å². The number of imide groups is 1. The smallest absolute Gasteiger partial charge is 0.417 e. The van der Waals surface area contributed by atoms with Crippen LogP contribution >= 0.6 is 12.6 Å². The molecule has 3 aromatic rings. The van der Waals surface area contributed by atoms with Gasteiger partial charge < -0.3 is 20.3 Å². The van der Waals surface area contributed by atoms with Crippen LogP contribution in [0.2, 0.25) is 0 Å². The molecule has 0 aliphatic carbocycles. The van der Waals surface area contributed by atoms with E-state index in [0.29, 0.717) is 55.3 Å². The monoisotopic (exact) mass is 834 g/mol. The van der Waals surface area contributed by atoms with Gasteiger partial charge in [0, 0.05) is 61.4 Å². The molecule has 3 heterocycles. The second-order valence-electron chi connectivity index (χ2n) is 15.6. The van der Waals surface area contributed by atoms with Gasteiger partial charge in [0.25, 0.3) is 5.91 Å². The topological polar surface area (TPSA) is 150 Å². The van der Waals surface area contributed by atoms with Crippen molar-refractivity contribution in [2.24, 2.45) is 0 Å². The molecule has 0 unspecified atom stereocenters. The Hall–Kier alpha value is -5.31. The van der Waals surface area contributed by atoms with Gasteiger partial charge >= 0.3 is 6.18 Å². The fourth-order valence-electron chi connectivity index (χ4n) is 7.99. The van der Waals surface area contributed by atoms with E-state index in [2.05, 4.69) is 32.7 Å². The third kappa shape index (κ3) is 9.29. The lowest BCUT2D eigenvalue weighted by molar-refractivity contribution is -0.138. The van der Waals surface area contributed by atoms with E-state index in [0.717, 1.165) is 30.8 Å². The van der Waals surface area contributed by atoms with Gasteiger partial charge in [-0.25, -0.2) is 0 Å². The number of hydrogen-bond donors (Lipinski definition) is 4. The number of halogens is 3. The van der Waals surface area contributed by atoms with Crippen molar-refractivity contribution in [1.29, 1.82) is 5.26 Å². The molecule has 3 aromatic carbocycles. The predicted octanol–water partition coefficient (Wildman–Crippen LogP) is 5.61. The van der Waals surface area contributed by atoms with Gasteiger partial charge in [-0.2, -0.15) is 18.4 Å². The lowest BCUT2D eigenvalue weighted by atomic mass is 10.0. The SMILES string of the molecule is CCc1cc(N2[C@H](S)N(c3ccc(C#N)c(C(F)(F)F)c3)C(=O)C2(C)C)ccc1OCCN1CCN([C@H](C)C(=O)Nc2cccc(N[C@@H]3CCC(=O)NC3=O)c2)[C@@H](C)C1. The van der Waals surface area contributed by atoms with Crippen LogP contribution in [-0.2, 0) is 31.8 Å². The summed E-state index contributed by atoms with van der Waals surface area (Å²) in [5.41, 5.74) is -0.954. The molecule has 3 aliphatic heterocycles. The maximum absolute atomic E-state index is 13.8. The molecule has 0 spiro atoms. The number of piperidine rings is 1. The summed E-state index contributed by atoms with van der Waals surface area (Å²) in [6.45, 7) is 12.6. The summed E-state index contributed by atoms with van der Waals surface area (Å²) in [7, 11) is 0. The van der Waals surface area contributed by atoms with E-state index in [-0.39, 0.29) is 35.9 Å². The number of alkyl halides is 3. The highest BCUT2D eigenvalue weighted by Crippen LogP contribution is 2.43. The molecule has 314 valence electrons. The zero-order valence-corrected chi connectivity index (χ0v) is 34.5. The quantitative estimate of drug-likeness (QED) is 0.134. The maximum Gasteiger partial charge on any atom is 0.417 e. The standard InChI is InChI=1S/C42H49F3N8O5S/c1-6-27-20-32(53-40(59)52(39(57)41(53,4)5)31-11-10-28(23-46)33(22-31)42(43,44)45)12-14-35(27)58-19-18-50-16-17-51(25(2)24-50)26(3)37(55)48-30-9-7-8-29(21-30)47-34-13-15-36(54)49-38(34)56/h7-12,14,20-22,25-26,34,40,47,59H,6,13,15-19,24H2,1-5H3,(H,48,55)(H,49,54,56)/t25-,26+,34+,40+/m0/s1. The molecular formula is C42H49F3N8O5S. The van der Waals surface area contributed by atoms with Gasteiger partial charge in [0.15, 0.2) is 5.50 Å². The van der Waals surface area contributed by atoms with Crippen molar-refractivity contribution in [3.63, 3.8) is 0 Å². The molecule has 13 nitrogen and oxygen atoms in total. The number of carbonyl (C=O) groups excluding carboxylic acids is 4. The number of anilines is 4. The number of piperazine rings is 1. The first-order valence-corrected chi connectivity index (χ1v) is 20.1. The van der Waals surface area contributed by atoms with E-state index < -0.39 is 46.3 Å². The number of ether oxygens (including phenoxy) is 1. The fourth-order valence-corrected chi connectivity index (χ4v) is 8.65. The van der Waals surface area contributed by atoms with Gasteiger partial charge in [0.2, 0.25) is 17.7 Å². The van der Waals surface area contributed by atoms with Crippen molar-refractivity contribution >= 4 is 59.0 Å². The van der Waals surface area contributed by atoms with Crippen LogP contribution in [0.3, 0.4) is 0 Å². The van der Waals surface area contributed by atoms with Gasteiger partial charge in [-0.05, 0) is 101 Å². The molecular weight excluding hydrogens is 786 g/mol. The minimum atomic E-state index is -4.78. The molecule has 4 amide bonds. The number of amides is 4. The Labute approximate surface area is 347 Å². The highest BCUT2D eigenvalue weighted by atomic mass is 32.1. The molecule has 3 N–H and O–H groups in total. The van der Waals surface area contributed by atoms with E-state index in [1.807, 2.05) is 32.0 Å². The largest absolute Gasteiger partial charge is 0.492 e. The van der Waals surface area contributed by atoms with Crippen LogP contribution in [0.25, 0.3) is 0 Å². The van der Waals surface area contributed by atoms with Crippen LogP contribution in [-0.4, -0.2) is 95.4 Å². The Balaban J connectivity index is 1.03. The van der Waals surface area contributed by atoms with E-state index in [9.17, 15) is 37.6 Å². The number of nitrogens with one attached hydrogen (secondary N) is 3. The molecule has 0 radical (unpaired) electrons. The molecule has 3 saturated heterocycles.